The molecule has 0 atom stereocenters. The van der Waals surface area contributed by atoms with Crippen molar-refractivity contribution in [3.63, 3.8) is 0 Å². The van der Waals surface area contributed by atoms with Crippen LogP contribution in [-0.4, -0.2) is 21.3 Å². The minimum absolute atomic E-state index is 0.343. The lowest BCUT2D eigenvalue weighted by Crippen LogP contribution is -1.89. The second-order valence-corrected chi connectivity index (χ2v) is 19.2. The number of hydrogen-bond acceptors (Lipinski definition) is 3. The normalized spacial score (nSPS) is 10.2. The predicted octanol–water partition coefficient (Wildman–Crippen LogP) is 20.7. The van der Waals surface area contributed by atoms with E-state index in [1.807, 2.05) is 54.5 Å². The highest BCUT2D eigenvalue weighted by molar-refractivity contribution is 9.11. The maximum absolute atomic E-state index is 5.99. The molecule has 0 bridgehead atoms. The fourth-order valence-electron chi connectivity index (χ4n) is 4.70. The Labute approximate surface area is 428 Å². The summed E-state index contributed by atoms with van der Waals surface area (Å²) in [5, 5.41) is 5.90. The first kappa shape index (κ1) is 57.1. The van der Waals surface area contributed by atoms with Gasteiger partial charge in [0.2, 0.25) is 0 Å². The Morgan fingerprint density at radius 2 is 0.712 bits per heavy atom. The van der Waals surface area contributed by atoms with Crippen LogP contribution in [0, 0.1) is 62.3 Å². The molecule has 59 heavy (non-hydrogen) atoms. The summed E-state index contributed by atoms with van der Waals surface area (Å²) < 4.78 is 18.5. The molecular formula is C42H40Br3Cl11O3. The third-order valence-electron chi connectivity index (χ3n) is 8.47. The highest BCUT2D eigenvalue weighted by Gasteiger charge is 2.15. The van der Waals surface area contributed by atoms with Gasteiger partial charge in [0, 0.05) is 38.5 Å². The van der Waals surface area contributed by atoms with E-state index in [4.69, 9.17) is 142 Å². The zero-order valence-electron chi connectivity index (χ0n) is 33.8. The Bertz CT molecular complexity index is 2110. The summed E-state index contributed by atoms with van der Waals surface area (Å²) in [6, 6.07) is 7.26. The number of benzene rings is 5. The maximum atomic E-state index is 5.99. The fraction of sp³-hybridized carbons (Fsp3) is 0.286. The van der Waals surface area contributed by atoms with Gasteiger partial charge >= 0.3 is 0 Å². The van der Waals surface area contributed by atoms with Gasteiger partial charge in [-0.1, -0.05) is 175 Å². The molecule has 0 saturated carbocycles. The van der Waals surface area contributed by atoms with Crippen molar-refractivity contribution in [1.29, 1.82) is 0 Å². The van der Waals surface area contributed by atoms with Crippen LogP contribution in [0.3, 0.4) is 0 Å². The van der Waals surface area contributed by atoms with Gasteiger partial charge < -0.3 is 14.2 Å². The SMILES string of the molecule is COc1c(Cl)cc(Cl)c(C)c1Cl.COc1cc(C)c(Cl)c(C)c1Cl.COc1cc(C)c(Cl)c(Cl)c1Cl.Cc1c(Br)cc(Br)c(C)c1Br.Cc1c(Cl)c(C)c(Cl)c(C)c1Cl. The smallest absolute Gasteiger partial charge is 0.156 e. The molecule has 0 fully saturated rings. The Morgan fingerprint density at radius 3 is 1.10 bits per heavy atom. The Kier molecular flexibility index (Phi) is 25.4. The average Bonchev–Trinajstić information content (AvgIpc) is 3.21. The summed E-state index contributed by atoms with van der Waals surface area (Å²) >= 11 is 75.4. The summed E-state index contributed by atoms with van der Waals surface area (Å²) in [6.07, 6.45) is 0. The number of methoxy groups -OCH3 is 3. The molecule has 0 heterocycles. The van der Waals surface area contributed by atoms with Gasteiger partial charge in [0.15, 0.2) is 5.75 Å². The van der Waals surface area contributed by atoms with E-state index in [9.17, 15) is 0 Å². The third kappa shape index (κ3) is 15.1. The topological polar surface area (TPSA) is 27.7 Å². The van der Waals surface area contributed by atoms with Crippen molar-refractivity contribution < 1.29 is 14.2 Å². The molecular weight excluding hydrogens is 1180 g/mol. The highest BCUT2D eigenvalue weighted by atomic mass is 79.9. The Morgan fingerprint density at radius 1 is 0.339 bits per heavy atom. The van der Waals surface area contributed by atoms with Crippen molar-refractivity contribution >= 4 is 175 Å². The van der Waals surface area contributed by atoms with Gasteiger partial charge in [-0.2, -0.15) is 0 Å². The van der Waals surface area contributed by atoms with Crippen molar-refractivity contribution in [2.75, 3.05) is 21.3 Å². The third-order valence-corrected chi connectivity index (χ3v) is 16.6. The standard InChI is InChI=1S/C9H9Cl3.C9H10Cl2O.C8H7Br3.2C8H7Cl3O/c1-4-7(10)5(2)9(12)6(3)8(4)11;1-5-4-7(12-3)9(11)6(2)8(5)10;1-4-6(9)3-7(10)5(2)8(4)11;1-4-5(9)3-6(10)8(12-2)7(4)11;1-4-3-5(12-2)7(10)8(11)6(4)9/h1-3H3;4H,1-3H3;3H,1-2H3;2*3H,1-2H3. The van der Waals surface area contributed by atoms with Crippen molar-refractivity contribution in [2.24, 2.45) is 0 Å². The minimum Gasteiger partial charge on any atom is -0.495 e. The molecule has 324 valence electrons. The molecule has 0 aromatic heterocycles. The summed E-state index contributed by atoms with van der Waals surface area (Å²) in [4.78, 5) is 0. The molecule has 0 N–H and O–H groups in total. The lowest BCUT2D eigenvalue weighted by atomic mass is 10.1. The van der Waals surface area contributed by atoms with E-state index in [2.05, 4.69) is 67.7 Å². The molecule has 5 aromatic rings. The molecule has 0 aliphatic heterocycles. The summed E-state index contributed by atoms with van der Waals surface area (Å²) in [6.45, 7) is 17.3. The predicted molar refractivity (Wildman–Crippen MR) is 273 cm³/mol. The van der Waals surface area contributed by atoms with E-state index >= 15 is 0 Å². The van der Waals surface area contributed by atoms with E-state index in [0.29, 0.717) is 72.5 Å². The Hall–Kier alpha value is 0.130. The molecule has 5 rings (SSSR count). The van der Waals surface area contributed by atoms with Crippen molar-refractivity contribution in [3.05, 3.63) is 143 Å². The Balaban J connectivity index is 0.000000369. The minimum atomic E-state index is 0.343. The van der Waals surface area contributed by atoms with Crippen molar-refractivity contribution in [1.82, 2.24) is 0 Å². The van der Waals surface area contributed by atoms with Crippen LogP contribution in [0.2, 0.25) is 55.2 Å². The van der Waals surface area contributed by atoms with Gasteiger partial charge in [0.05, 0.1) is 46.4 Å². The number of rotatable bonds is 3. The van der Waals surface area contributed by atoms with Crippen LogP contribution < -0.4 is 14.2 Å². The van der Waals surface area contributed by atoms with E-state index in [0.717, 1.165) is 47.9 Å². The van der Waals surface area contributed by atoms with E-state index in [-0.39, 0.29) is 0 Å². The summed E-state index contributed by atoms with van der Waals surface area (Å²) in [5.41, 5.74) is 8.66. The zero-order chi connectivity index (χ0) is 46.0. The molecule has 0 saturated heterocycles. The first-order valence-electron chi connectivity index (χ1n) is 16.8. The number of ether oxygens (including phenoxy) is 3. The van der Waals surface area contributed by atoms with Gasteiger partial charge in [-0.25, -0.2) is 0 Å². The summed E-state index contributed by atoms with van der Waals surface area (Å²) in [5.74, 6) is 1.69. The van der Waals surface area contributed by atoms with Gasteiger partial charge in [-0.15, -0.1) is 0 Å². The molecule has 0 radical (unpaired) electrons. The van der Waals surface area contributed by atoms with E-state index in [1.165, 1.54) is 29.8 Å². The number of aryl methyl sites for hydroxylation is 2. The molecule has 0 aliphatic carbocycles. The summed E-state index contributed by atoms with van der Waals surface area (Å²) in [7, 11) is 4.64. The lowest BCUT2D eigenvalue weighted by molar-refractivity contribution is 0.414. The van der Waals surface area contributed by atoms with Crippen LogP contribution in [0.4, 0.5) is 0 Å². The van der Waals surface area contributed by atoms with Crippen LogP contribution in [0.1, 0.15) is 50.1 Å². The molecule has 3 nitrogen and oxygen atoms in total. The second kappa shape index (κ2) is 26.2. The fourth-order valence-corrected chi connectivity index (χ4v) is 9.54. The molecule has 0 aliphatic rings. The number of hydrogen-bond donors (Lipinski definition) is 0. The van der Waals surface area contributed by atoms with Crippen LogP contribution >= 0.6 is 175 Å². The van der Waals surface area contributed by atoms with E-state index < -0.39 is 0 Å². The molecule has 0 spiro atoms. The average molecular weight is 1220 g/mol. The van der Waals surface area contributed by atoms with Crippen LogP contribution in [0.15, 0.2) is 37.7 Å². The van der Waals surface area contributed by atoms with Gasteiger partial charge in [0.1, 0.15) is 16.5 Å². The van der Waals surface area contributed by atoms with Crippen molar-refractivity contribution in [2.45, 2.75) is 62.3 Å². The molecule has 0 amide bonds. The monoisotopic (exact) mass is 1210 g/mol. The van der Waals surface area contributed by atoms with Gasteiger partial charge in [0.25, 0.3) is 0 Å². The lowest BCUT2D eigenvalue weighted by Gasteiger charge is -2.10. The molecule has 0 unspecified atom stereocenters. The first-order valence-corrected chi connectivity index (χ1v) is 23.3. The van der Waals surface area contributed by atoms with Crippen LogP contribution in [-0.2, 0) is 0 Å². The van der Waals surface area contributed by atoms with Crippen molar-refractivity contribution in [3.8, 4) is 17.2 Å². The van der Waals surface area contributed by atoms with Gasteiger partial charge in [-0.3, -0.25) is 0 Å². The maximum Gasteiger partial charge on any atom is 0.156 e. The van der Waals surface area contributed by atoms with Gasteiger partial charge in [-0.05, 0) is 137 Å². The molecule has 17 heteroatoms. The van der Waals surface area contributed by atoms with E-state index in [1.54, 1.807) is 19.2 Å². The zero-order valence-corrected chi connectivity index (χ0v) is 46.9. The molecule has 5 aromatic carbocycles. The first-order chi connectivity index (χ1) is 27.2. The second-order valence-electron chi connectivity index (χ2n) is 12.5. The quantitative estimate of drug-likeness (QED) is 0.169. The highest BCUT2D eigenvalue weighted by Crippen LogP contribution is 2.41. The number of halogens is 14. The largest absolute Gasteiger partial charge is 0.495 e. The van der Waals surface area contributed by atoms with Crippen LogP contribution in [0.5, 0.6) is 17.2 Å². The van der Waals surface area contributed by atoms with Crippen LogP contribution in [0.25, 0.3) is 0 Å².